The molecule has 1 aliphatic heterocycles. The van der Waals surface area contributed by atoms with Gasteiger partial charge in [-0.15, -0.1) is 0 Å². The van der Waals surface area contributed by atoms with E-state index in [1.54, 1.807) is 0 Å². The second-order valence-corrected chi connectivity index (χ2v) is 3.59. The van der Waals surface area contributed by atoms with Gasteiger partial charge in [0.2, 0.25) is 0 Å². The molecular formula is C10H14O3. The van der Waals surface area contributed by atoms with Crippen molar-refractivity contribution in [3.8, 4) is 0 Å². The van der Waals surface area contributed by atoms with E-state index in [0.717, 1.165) is 43.6 Å². The van der Waals surface area contributed by atoms with Crippen molar-refractivity contribution in [2.75, 3.05) is 6.61 Å². The molecular weight excluding hydrogens is 168 g/mol. The Bertz CT molecular complexity index is 251. The normalized spacial score (nSPS) is 22.5. The summed E-state index contributed by atoms with van der Waals surface area (Å²) in [6, 6.07) is 0. The molecule has 13 heavy (non-hydrogen) atoms. The molecule has 0 N–H and O–H groups in total. The molecule has 72 valence electrons. The smallest absolute Gasteiger partial charge is 0.337 e. The Kier molecular flexibility index (Phi) is 2.25. The first-order valence-corrected chi connectivity index (χ1v) is 4.81. The third kappa shape index (κ3) is 2.02. The van der Waals surface area contributed by atoms with E-state index in [-0.39, 0.29) is 12.1 Å². The van der Waals surface area contributed by atoms with Crippen molar-refractivity contribution in [2.24, 2.45) is 0 Å². The monoisotopic (exact) mass is 182 g/mol. The van der Waals surface area contributed by atoms with E-state index in [4.69, 9.17) is 9.47 Å². The highest BCUT2D eigenvalue weighted by molar-refractivity contribution is 5.89. The number of hydrogen-bond acceptors (Lipinski definition) is 3. The Balaban J connectivity index is 1.99. The van der Waals surface area contributed by atoms with Crippen molar-refractivity contribution in [3.05, 3.63) is 11.3 Å². The van der Waals surface area contributed by atoms with Crippen LogP contribution >= 0.6 is 0 Å². The molecule has 0 saturated heterocycles. The third-order valence-electron chi connectivity index (χ3n) is 2.36. The fourth-order valence-electron chi connectivity index (χ4n) is 1.39. The van der Waals surface area contributed by atoms with Crippen LogP contribution in [0.3, 0.4) is 0 Å². The van der Waals surface area contributed by atoms with E-state index in [2.05, 4.69) is 0 Å². The Morgan fingerprint density at radius 1 is 1.54 bits per heavy atom. The van der Waals surface area contributed by atoms with Gasteiger partial charge in [-0.05, 0) is 32.6 Å². The van der Waals surface area contributed by atoms with Crippen LogP contribution in [-0.2, 0) is 14.3 Å². The van der Waals surface area contributed by atoms with Crippen molar-refractivity contribution in [3.63, 3.8) is 0 Å². The standard InChI is InChI=1S/C10H14O3/c1-7-9(3-2-6-12-7)10(11)13-8-4-5-8/h8H,2-6H2,1H3. The zero-order chi connectivity index (χ0) is 9.26. The lowest BCUT2D eigenvalue weighted by Crippen LogP contribution is -2.16. The molecule has 1 fully saturated rings. The number of rotatable bonds is 2. The zero-order valence-corrected chi connectivity index (χ0v) is 7.84. The summed E-state index contributed by atoms with van der Waals surface area (Å²) in [6.45, 7) is 2.56. The first-order valence-electron chi connectivity index (χ1n) is 4.81. The van der Waals surface area contributed by atoms with Gasteiger partial charge in [0.05, 0.1) is 12.2 Å². The maximum Gasteiger partial charge on any atom is 0.337 e. The average molecular weight is 182 g/mol. The van der Waals surface area contributed by atoms with Crippen molar-refractivity contribution in [1.82, 2.24) is 0 Å². The molecule has 3 nitrogen and oxygen atoms in total. The topological polar surface area (TPSA) is 35.5 Å². The lowest BCUT2D eigenvalue weighted by Gasteiger charge is -2.17. The molecule has 0 bridgehead atoms. The Hall–Kier alpha value is -0.990. The maximum absolute atomic E-state index is 11.5. The Morgan fingerprint density at radius 2 is 2.31 bits per heavy atom. The molecule has 0 radical (unpaired) electrons. The number of esters is 1. The van der Waals surface area contributed by atoms with Gasteiger partial charge in [-0.3, -0.25) is 0 Å². The van der Waals surface area contributed by atoms with Crippen LogP contribution < -0.4 is 0 Å². The Labute approximate surface area is 77.7 Å². The van der Waals surface area contributed by atoms with Gasteiger partial charge in [0.1, 0.15) is 11.9 Å². The number of allylic oxidation sites excluding steroid dienone is 1. The van der Waals surface area contributed by atoms with Gasteiger partial charge in [0, 0.05) is 0 Å². The van der Waals surface area contributed by atoms with E-state index in [0.29, 0.717) is 0 Å². The molecule has 0 aromatic rings. The first-order chi connectivity index (χ1) is 6.27. The summed E-state index contributed by atoms with van der Waals surface area (Å²) < 4.78 is 10.5. The summed E-state index contributed by atoms with van der Waals surface area (Å²) in [7, 11) is 0. The summed E-state index contributed by atoms with van der Waals surface area (Å²) in [6.07, 6.45) is 3.97. The maximum atomic E-state index is 11.5. The van der Waals surface area contributed by atoms with Gasteiger partial charge in [-0.2, -0.15) is 0 Å². The van der Waals surface area contributed by atoms with E-state index >= 15 is 0 Å². The Morgan fingerprint density at radius 3 is 2.92 bits per heavy atom. The third-order valence-corrected chi connectivity index (χ3v) is 2.36. The highest BCUT2D eigenvalue weighted by Crippen LogP contribution is 2.27. The SMILES string of the molecule is CC1=C(C(=O)OC2CC2)CCCO1. The van der Waals surface area contributed by atoms with E-state index in [9.17, 15) is 4.79 Å². The largest absolute Gasteiger partial charge is 0.498 e. The molecule has 1 heterocycles. The summed E-state index contributed by atoms with van der Waals surface area (Å²) in [5, 5.41) is 0. The zero-order valence-electron chi connectivity index (χ0n) is 7.84. The van der Waals surface area contributed by atoms with E-state index in [1.165, 1.54) is 0 Å². The minimum atomic E-state index is -0.167. The van der Waals surface area contributed by atoms with Gasteiger partial charge in [-0.1, -0.05) is 0 Å². The van der Waals surface area contributed by atoms with Gasteiger partial charge < -0.3 is 9.47 Å². The van der Waals surface area contributed by atoms with Crippen LogP contribution in [0.5, 0.6) is 0 Å². The predicted molar refractivity (Wildman–Crippen MR) is 47.0 cm³/mol. The fourth-order valence-corrected chi connectivity index (χ4v) is 1.39. The van der Waals surface area contributed by atoms with E-state index < -0.39 is 0 Å². The van der Waals surface area contributed by atoms with Gasteiger partial charge >= 0.3 is 5.97 Å². The molecule has 0 amide bonds. The minimum Gasteiger partial charge on any atom is -0.498 e. The molecule has 0 unspecified atom stereocenters. The highest BCUT2D eigenvalue weighted by atomic mass is 16.6. The summed E-state index contributed by atoms with van der Waals surface area (Å²) in [4.78, 5) is 11.5. The number of carbonyl (C=O) groups is 1. The van der Waals surface area contributed by atoms with Crippen LogP contribution in [0, 0.1) is 0 Å². The molecule has 2 aliphatic rings. The molecule has 3 heteroatoms. The van der Waals surface area contributed by atoms with E-state index in [1.807, 2.05) is 6.92 Å². The fraction of sp³-hybridized carbons (Fsp3) is 0.700. The van der Waals surface area contributed by atoms with Crippen LogP contribution in [0.1, 0.15) is 32.6 Å². The highest BCUT2D eigenvalue weighted by Gasteiger charge is 2.29. The molecule has 1 aliphatic carbocycles. The predicted octanol–water partition coefficient (Wildman–Crippen LogP) is 1.78. The summed E-state index contributed by atoms with van der Waals surface area (Å²) in [5.74, 6) is 0.580. The number of hydrogen-bond donors (Lipinski definition) is 0. The van der Waals surface area contributed by atoms with Crippen LogP contribution in [0.4, 0.5) is 0 Å². The molecule has 1 saturated carbocycles. The minimum absolute atomic E-state index is 0.167. The van der Waals surface area contributed by atoms with Crippen LogP contribution in [0.25, 0.3) is 0 Å². The van der Waals surface area contributed by atoms with Gasteiger partial charge in [-0.25, -0.2) is 4.79 Å². The first kappa shape index (κ1) is 8.60. The lowest BCUT2D eigenvalue weighted by molar-refractivity contribution is -0.141. The molecule has 0 aromatic carbocycles. The molecule has 2 rings (SSSR count). The number of carbonyl (C=O) groups excluding carboxylic acids is 1. The average Bonchev–Trinajstić information content (AvgIpc) is 2.89. The van der Waals surface area contributed by atoms with Gasteiger partial charge in [0.25, 0.3) is 0 Å². The quantitative estimate of drug-likeness (QED) is 0.610. The van der Waals surface area contributed by atoms with Crippen molar-refractivity contribution < 1.29 is 14.3 Å². The molecule has 0 spiro atoms. The number of ether oxygens (including phenoxy) is 2. The van der Waals surface area contributed by atoms with Crippen molar-refractivity contribution in [2.45, 2.75) is 38.7 Å². The second-order valence-electron chi connectivity index (χ2n) is 3.59. The molecule has 0 atom stereocenters. The van der Waals surface area contributed by atoms with Crippen LogP contribution in [0.2, 0.25) is 0 Å². The summed E-state index contributed by atoms with van der Waals surface area (Å²) >= 11 is 0. The lowest BCUT2D eigenvalue weighted by atomic mass is 10.1. The van der Waals surface area contributed by atoms with Crippen molar-refractivity contribution >= 4 is 5.97 Å². The van der Waals surface area contributed by atoms with Crippen LogP contribution in [-0.4, -0.2) is 18.7 Å². The molecule has 0 aromatic heterocycles. The van der Waals surface area contributed by atoms with Crippen molar-refractivity contribution in [1.29, 1.82) is 0 Å². The second kappa shape index (κ2) is 3.40. The van der Waals surface area contributed by atoms with Crippen LogP contribution in [0.15, 0.2) is 11.3 Å². The summed E-state index contributed by atoms with van der Waals surface area (Å²) in [5.41, 5.74) is 0.734. The van der Waals surface area contributed by atoms with Gasteiger partial charge in [0.15, 0.2) is 0 Å².